The molecule has 1 aliphatic heterocycles. The fourth-order valence-corrected chi connectivity index (χ4v) is 3.68. The lowest BCUT2D eigenvalue weighted by Gasteiger charge is -2.35. The van der Waals surface area contributed by atoms with Crippen LogP contribution in [0.5, 0.6) is 5.75 Å². The maximum absolute atomic E-state index is 12.8. The van der Waals surface area contributed by atoms with Gasteiger partial charge in [0.2, 0.25) is 0 Å². The summed E-state index contributed by atoms with van der Waals surface area (Å²) in [5.74, 6) is 0.617. The number of benzene rings is 1. The van der Waals surface area contributed by atoms with Crippen LogP contribution in [-0.4, -0.2) is 35.1 Å². The van der Waals surface area contributed by atoms with Gasteiger partial charge in [0, 0.05) is 24.2 Å². The molecule has 5 nitrogen and oxygen atoms in total. The number of hydrogen-bond donors (Lipinski definition) is 0. The summed E-state index contributed by atoms with van der Waals surface area (Å²) in [5.41, 5.74) is 1.20. The van der Waals surface area contributed by atoms with Crippen molar-refractivity contribution < 1.29 is 9.53 Å². The average molecular weight is 426 g/mol. The Balaban J connectivity index is 1.84. The normalized spacial score (nSPS) is 16.7. The van der Waals surface area contributed by atoms with E-state index in [2.05, 4.69) is 15.9 Å². The van der Waals surface area contributed by atoms with Gasteiger partial charge in [0.05, 0.1) is 11.6 Å². The van der Waals surface area contributed by atoms with Gasteiger partial charge < -0.3 is 14.2 Å². The Morgan fingerprint density at radius 1 is 1.28 bits per heavy atom. The van der Waals surface area contributed by atoms with E-state index in [1.165, 1.54) is 4.57 Å². The smallest absolute Gasteiger partial charge is 0.270 e. The molecule has 25 heavy (non-hydrogen) atoms. The molecule has 7 heteroatoms. The van der Waals surface area contributed by atoms with Crippen molar-refractivity contribution in [2.45, 2.75) is 25.9 Å². The van der Waals surface area contributed by atoms with Gasteiger partial charge in [0.25, 0.3) is 11.5 Å². The molecule has 0 aliphatic carbocycles. The molecule has 1 atom stereocenters. The lowest BCUT2D eigenvalue weighted by Crippen LogP contribution is -2.50. The summed E-state index contributed by atoms with van der Waals surface area (Å²) in [4.78, 5) is 26.8. The second-order valence-corrected chi connectivity index (χ2v) is 7.33. The monoisotopic (exact) mass is 424 g/mol. The summed E-state index contributed by atoms with van der Waals surface area (Å²) in [7, 11) is 1.61. The number of amides is 1. The zero-order chi connectivity index (χ0) is 18.1. The number of aromatic nitrogens is 1. The van der Waals surface area contributed by atoms with Gasteiger partial charge in [-0.3, -0.25) is 9.59 Å². The van der Waals surface area contributed by atoms with Crippen molar-refractivity contribution in [3.05, 3.63) is 61.4 Å². The van der Waals surface area contributed by atoms with Gasteiger partial charge in [-0.2, -0.15) is 0 Å². The molecule has 1 unspecified atom stereocenters. The third-order valence-electron chi connectivity index (χ3n) is 4.45. The number of carbonyl (C=O) groups is 1. The molecule has 0 N–H and O–H groups in total. The molecule has 0 radical (unpaired) electrons. The van der Waals surface area contributed by atoms with E-state index in [0.29, 0.717) is 34.7 Å². The number of fused-ring (bicyclic) bond motifs is 1. The topological polar surface area (TPSA) is 51.5 Å². The number of pyridine rings is 1. The van der Waals surface area contributed by atoms with E-state index in [0.717, 1.165) is 11.3 Å². The summed E-state index contributed by atoms with van der Waals surface area (Å²) in [6.45, 7) is 2.95. The fraction of sp³-hybridized carbons (Fsp3) is 0.333. The van der Waals surface area contributed by atoms with E-state index in [1.54, 1.807) is 30.2 Å². The van der Waals surface area contributed by atoms with Crippen molar-refractivity contribution in [2.24, 2.45) is 0 Å². The molecule has 2 aromatic rings. The lowest BCUT2D eigenvalue weighted by atomic mass is 10.1. The first kappa shape index (κ1) is 18.0. The number of ether oxygens (including phenoxy) is 1. The Hall–Kier alpha value is -1.79. The summed E-state index contributed by atoms with van der Waals surface area (Å²) in [5, 5.41) is 0.635. The number of rotatable bonds is 4. The first-order valence-corrected chi connectivity index (χ1v) is 9.12. The SMILES string of the molecule is COc1ccc(Cl)cc1CCN1C(=O)c2ccc(Br)c(=O)n2CC1C. The van der Waals surface area contributed by atoms with Crippen molar-refractivity contribution in [1.29, 1.82) is 0 Å². The van der Waals surface area contributed by atoms with Crippen molar-refractivity contribution >= 4 is 33.4 Å². The maximum Gasteiger partial charge on any atom is 0.270 e. The highest BCUT2D eigenvalue weighted by Crippen LogP contribution is 2.24. The van der Waals surface area contributed by atoms with Gasteiger partial charge in [-0.25, -0.2) is 0 Å². The summed E-state index contributed by atoms with van der Waals surface area (Å²) < 4.78 is 7.37. The van der Waals surface area contributed by atoms with E-state index >= 15 is 0 Å². The van der Waals surface area contributed by atoms with Gasteiger partial charge in [-0.05, 0) is 65.2 Å². The third-order valence-corrected chi connectivity index (χ3v) is 5.29. The molecule has 0 fully saturated rings. The van der Waals surface area contributed by atoms with Crippen molar-refractivity contribution in [2.75, 3.05) is 13.7 Å². The van der Waals surface area contributed by atoms with Gasteiger partial charge in [-0.1, -0.05) is 11.6 Å². The zero-order valence-corrected chi connectivity index (χ0v) is 16.3. The molecular formula is C18H18BrClN2O3. The second kappa shape index (κ2) is 7.22. The fourth-order valence-electron chi connectivity index (χ4n) is 3.14. The minimum Gasteiger partial charge on any atom is -0.496 e. The van der Waals surface area contributed by atoms with Crippen LogP contribution in [0.15, 0.2) is 39.6 Å². The standard InChI is InChI=1S/C18H18BrClN2O3/c1-11-10-22-15(5-4-14(19)17(22)23)18(24)21(11)8-7-12-9-13(20)3-6-16(12)25-2/h3-6,9,11H,7-8,10H2,1-2H3. The molecule has 0 saturated carbocycles. The minimum atomic E-state index is -0.172. The Bertz CT molecular complexity index is 881. The van der Waals surface area contributed by atoms with Gasteiger partial charge in [0.15, 0.2) is 0 Å². The largest absolute Gasteiger partial charge is 0.496 e. The summed E-state index contributed by atoms with van der Waals surface area (Å²) in [6, 6.07) is 8.70. The van der Waals surface area contributed by atoms with E-state index in [-0.39, 0.29) is 17.5 Å². The van der Waals surface area contributed by atoms with Crippen molar-refractivity contribution in [3.8, 4) is 5.75 Å². The molecule has 0 saturated heterocycles. The highest BCUT2D eigenvalue weighted by molar-refractivity contribution is 9.10. The molecule has 1 aromatic heterocycles. The maximum atomic E-state index is 12.8. The molecular weight excluding hydrogens is 408 g/mol. The third kappa shape index (κ3) is 3.46. The van der Waals surface area contributed by atoms with Crippen molar-refractivity contribution in [1.82, 2.24) is 9.47 Å². The Kier molecular flexibility index (Phi) is 5.20. The molecule has 132 valence electrons. The highest BCUT2D eigenvalue weighted by Gasteiger charge is 2.30. The summed E-state index contributed by atoms with van der Waals surface area (Å²) >= 11 is 9.30. The number of hydrogen-bond acceptors (Lipinski definition) is 3. The number of methoxy groups -OCH3 is 1. The minimum absolute atomic E-state index is 0.0721. The molecule has 1 aromatic carbocycles. The van der Waals surface area contributed by atoms with Crippen LogP contribution in [0, 0.1) is 0 Å². The highest BCUT2D eigenvalue weighted by atomic mass is 79.9. The predicted octanol–water partition coefficient (Wildman–Crippen LogP) is 3.36. The van der Waals surface area contributed by atoms with Crippen LogP contribution in [0.2, 0.25) is 5.02 Å². The average Bonchev–Trinajstić information content (AvgIpc) is 2.58. The van der Waals surface area contributed by atoms with Gasteiger partial charge in [-0.15, -0.1) is 0 Å². The molecule has 2 heterocycles. The Morgan fingerprint density at radius 2 is 2.04 bits per heavy atom. The first-order valence-electron chi connectivity index (χ1n) is 7.95. The van der Waals surface area contributed by atoms with Gasteiger partial charge in [0.1, 0.15) is 11.4 Å². The van der Waals surface area contributed by atoms with Crippen LogP contribution in [0.4, 0.5) is 0 Å². The number of halogens is 2. The van der Waals surface area contributed by atoms with Crippen LogP contribution >= 0.6 is 27.5 Å². The molecule has 0 bridgehead atoms. The van der Waals surface area contributed by atoms with Crippen molar-refractivity contribution in [3.63, 3.8) is 0 Å². The number of carbonyl (C=O) groups excluding carboxylic acids is 1. The van der Waals surface area contributed by atoms with Crippen LogP contribution in [0.3, 0.4) is 0 Å². The van der Waals surface area contributed by atoms with Crippen LogP contribution in [0.25, 0.3) is 0 Å². The molecule has 0 spiro atoms. The molecule has 1 aliphatic rings. The Morgan fingerprint density at radius 3 is 2.76 bits per heavy atom. The van der Waals surface area contributed by atoms with Crippen LogP contribution in [-0.2, 0) is 13.0 Å². The molecule has 3 rings (SSSR count). The number of nitrogens with zero attached hydrogens (tertiary/aromatic N) is 2. The quantitative estimate of drug-likeness (QED) is 0.755. The molecule has 1 amide bonds. The van der Waals surface area contributed by atoms with E-state index in [4.69, 9.17) is 16.3 Å². The van der Waals surface area contributed by atoms with Crippen LogP contribution in [0.1, 0.15) is 23.0 Å². The lowest BCUT2D eigenvalue weighted by molar-refractivity contribution is 0.0611. The van der Waals surface area contributed by atoms with E-state index in [9.17, 15) is 9.59 Å². The first-order chi connectivity index (χ1) is 11.9. The van der Waals surface area contributed by atoms with E-state index in [1.807, 2.05) is 19.1 Å². The second-order valence-electron chi connectivity index (χ2n) is 6.04. The van der Waals surface area contributed by atoms with Gasteiger partial charge >= 0.3 is 0 Å². The van der Waals surface area contributed by atoms with E-state index < -0.39 is 0 Å². The zero-order valence-electron chi connectivity index (χ0n) is 14.0. The van der Waals surface area contributed by atoms with Crippen LogP contribution < -0.4 is 10.3 Å². The summed E-state index contributed by atoms with van der Waals surface area (Å²) in [6.07, 6.45) is 0.626. The Labute approximate surface area is 159 Å². The predicted molar refractivity (Wildman–Crippen MR) is 101 cm³/mol.